The van der Waals surface area contributed by atoms with Crippen molar-refractivity contribution in [1.82, 2.24) is 15.1 Å². The predicted molar refractivity (Wildman–Crippen MR) is 82.2 cm³/mol. The highest BCUT2D eigenvalue weighted by Gasteiger charge is 2.10. The topological polar surface area (TPSA) is 29.9 Å². The normalized spacial score (nSPS) is 10.9. The average Bonchev–Trinajstić information content (AvgIpc) is 2.77. The molecule has 3 nitrogen and oxygen atoms in total. The molecule has 0 atom stereocenters. The van der Waals surface area contributed by atoms with E-state index in [0.717, 1.165) is 30.4 Å². The quantitative estimate of drug-likeness (QED) is 0.884. The van der Waals surface area contributed by atoms with Gasteiger partial charge in [-0.3, -0.25) is 4.68 Å². The van der Waals surface area contributed by atoms with Crippen LogP contribution in [0.15, 0.2) is 34.9 Å². The van der Waals surface area contributed by atoms with Crippen LogP contribution in [0.4, 0.5) is 0 Å². The molecule has 2 aromatic rings. The number of hydrogen-bond acceptors (Lipinski definition) is 2. The lowest BCUT2D eigenvalue weighted by molar-refractivity contribution is 0.631. The number of aromatic nitrogens is 2. The van der Waals surface area contributed by atoms with Crippen LogP contribution in [0.3, 0.4) is 0 Å². The van der Waals surface area contributed by atoms with E-state index >= 15 is 0 Å². The molecule has 0 saturated carbocycles. The zero-order chi connectivity index (χ0) is 13.7. The summed E-state index contributed by atoms with van der Waals surface area (Å²) in [5, 5.41) is 7.75. The molecule has 1 aromatic heterocycles. The molecule has 19 heavy (non-hydrogen) atoms. The lowest BCUT2D eigenvalue weighted by Crippen LogP contribution is -2.11. The van der Waals surface area contributed by atoms with Gasteiger partial charge in [-0.15, -0.1) is 0 Å². The van der Waals surface area contributed by atoms with Gasteiger partial charge >= 0.3 is 0 Å². The van der Waals surface area contributed by atoms with Crippen LogP contribution in [0.2, 0.25) is 0 Å². The van der Waals surface area contributed by atoms with Crippen molar-refractivity contribution < 1.29 is 0 Å². The first-order valence-electron chi connectivity index (χ1n) is 6.67. The number of halogens is 1. The predicted octanol–water partition coefficient (Wildman–Crippen LogP) is 3.37. The van der Waals surface area contributed by atoms with E-state index in [1.807, 2.05) is 19.3 Å². The fraction of sp³-hybridized carbons (Fsp3) is 0.400. The molecule has 0 radical (unpaired) electrons. The van der Waals surface area contributed by atoms with E-state index in [2.05, 4.69) is 56.2 Å². The fourth-order valence-corrected chi connectivity index (χ4v) is 2.65. The Hall–Kier alpha value is -1.13. The van der Waals surface area contributed by atoms with Gasteiger partial charge in [0.25, 0.3) is 0 Å². The Morgan fingerprint density at radius 1 is 1.26 bits per heavy atom. The summed E-state index contributed by atoms with van der Waals surface area (Å²) in [5.41, 5.74) is 3.91. The van der Waals surface area contributed by atoms with Gasteiger partial charge in [0.1, 0.15) is 0 Å². The van der Waals surface area contributed by atoms with Crippen molar-refractivity contribution in [2.45, 2.75) is 32.9 Å². The third-order valence-electron chi connectivity index (χ3n) is 3.17. The molecule has 0 aliphatic rings. The standard InChI is InChI=1S/C15H20BrN3/c1-3-6-15-13(9-17-2)10-18-19(15)11-12-7-4-5-8-14(12)16/h4-5,7-8,10,17H,3,6,9,11H2,1-2H3. The van der Waals surface area contributed by atoms with Crippen molar-refractivity contribution >= 4 is 15.9 Å². The number of benzene rings is 1. The first kappa shape index (κ1) is 14.3. The molecule has 1 aromatic carbocycles. The van der Waals surface area contributed by atoms with Gasteiger partial charge in [0, 0.05) is 22.3 Å². The Bertz CT molecular complexity index is 534. The van der Waals surface area contributed by atoms with Gasteiger partial charge in [0.2, 0.25) is 0 Å². The molecule has 0 aliphatic heterocycles. The van der Waals surface area contributed by atoms with Crippen LogP contribution in [0.25, 0.3) is 0 Å². The number of nitrogens with one attached hydrogen (secondary N) is 1. The highest BCUT2D eigenvalue weighted by atomic mass is 79.9. The Balaban J connectivity index is 2.27. The smallest absolute Gasteiger partial charge is 0.0673 e. The van der Waals surface area contributed by atoms with Gasteiger partial charge in [-0.05, 0) is 25.1 Å². The third kappa shape index (κ3) is 3.45. The zero-order valence-electron chi connectivity index (χ0n) is 11.5. The van der Waals surface area contributed by atoms with Crippen molar-refractivity contribution in [2.75, 3.05) is 7.05 Å². The minimum Gasteiger partial charge on any atom is -0.316 e. The summed E-state index contributed by atoms with van der Waals surface area (Å²) < 4.78 is 3.26. The zero-order valence-corrected chi connectivity index (χ0v) is 13.1. The number of rotatable bonds is 6. The van der Waals surface area contributed by atoms with Crippen LogP contribution < -0.4 is 5.32 Å². The van der Waals surface area contributed by atoms with Crippen molar-refractivity contribution in [1.29, 1.82) is 0 Å². The lowest BCUT2D eigenvalue weighted by atomic mass is 10.1. The van der Waals surface area contributed by atoms with E-state index in [4.69, 9.17) is 0 Å². The second kappa shape index (κ2) is 6.87. The second-order valence-corrected chi connectivity index (χ2v) is 5.50. The molecule has 1 N–H and O–H groups in total. The highest BCUT2D eigenvalue weighted by Crippen LogP contribution is 2.19. The Labute approximate surface area is 123 Å². The maximum Gasteiger partial charge on any atom is 0.0673 e. The summed E-state index contributed by atoms with van der Waals surface area (Å²) in [6.45, 7) is 3.91. The van der Waals surface area contributed by atoms with Crippen molar-refractivity contribution in [2.24, 2.45) is 0 Å². The van der Waals surface area contributed by atoms with Gasteiger partial charge in [-0.1, -0.05) is 47.5 Å². The first-order chi connectivity index (χ1) is 9.26. The molecule has 0 amide bonds. The molecule has 0 aliphatic carbocycles. The van der Waals surface area contributed by atoms with E-state index in [9.17, 15) is 0 Å². The molecule has 0 spiro atoms. The molecule has 2 rings (SSSR count). The largest absolute Gasteiger partial charge is 0.316 e. The van der Waals surface area contributed by atoms with Gasteiger partial charge < -0.3 is 5.32 Å². The third-order valence-corrected chi connectivity index (χ3v) is 3.94. The van der Waals surface area contributed by atoms with Gasteiger partial charge in [0.15, 0.2) is 0 Å². The maximum atomic E-state index is 4.55. The molecule has 0 fully saturated rings. The number of nitrogens with zero attached hydrogens (tertiary/aromatic N) is 2. The molecular weight excluding hydrogens is 302 g/mol. The van der Waals surface area contributed by atoms with Crippen LogP contribution in [-0.2, 0) is 19.5 Å². The minimum absolute atomic E-state index is 0.820. The van der Waals surface area contributed by atoms with Crippen LogP contribution >= 0.6 is 15.9 Å². The Morgan fingerprint density at radius 3 is 2.74 bits per heavy atom. The van der Waals surface area contributed by atoms with Crippen molar-refractivity contribution in [3.05, 3.63) is 51.8 Å². The van der Waals surface area contributed by atoms with E-state index in [1.165, 1.54) is 16.8 Å². The molecule has 0 saturated heterocycles. The molecule has 1 heterocycles. The minimum atomic E-state index is 0.820. The van der Waals surface area contributed by atoms with E-state index in [-0.39, 0.29) is 0 Å². The highest BCUT2D eigenvalue weighted by molar-refractivity contribution is 9.10. The Kier molecular flexibility index (Phi) is 5.16. The Morgan fingerprint density at radius 2 is 2.05 bits per heavy atom. The lowest BCUT2D eigenvalue weighted by Gasteiger charge is -2.10. The van der Waals surface area contributed by atoms with Crippen LogP contribution in [0.1, 0.15) is 30.2 Å². The second-order valence-electron chi connectivity index (χ2n) is 4.65. The molecule has 102 valence electrons. The van der Waals surface area contributed by atoms with E-state index < -0.39 is 0 Å². The monoisotopic (exact) mass is 321 g/mol. The summed E-state index contributed by atoms with van der Waals surface area (Å²) in [6, 6.07) is 8.32. The van der Waals surface area contributed by atoms with Crippen LogP contribution in [0, 0.1) is 0 Å². The van der Waals surface area contributed by atoms with Crippen molar-refractivity contribution in [3.63, 3.8) is 0 Å². The molecule has 0 bridgehead atoms. The van der Waals surface area contributed by atoms with Crippen LogP contribution in [-0.4, -0.2) is 16.8 Å². The summed E-state index contributed by atoms with van der Waals surface area (Å²) in [5.74, 6) is 0. The molecule has 0 unspecified atom stereocenters. The van der Waals surface area contributed by atoms with Gasteiger partial charge in [-0.2, -0.15) is 5.10 Å². The SMILES string of the molecule is CCCc1c(CNC)cnn1Cc1ccccc1Br. The van der Waals surface area contributed by atoms with Gasteiger partial charge in [-0.25, -0.2) is 0 Å². The summed E-state index contributed by atoms with van der Waals surface area (Å²) in [7, 11) is 1.97. The maximum absolute atomic E-state index is 4.55. The summed E-state index contributed by atoms with van der Waals surface area (Å²) >= 11 is 3.60. The number of hydrogen-bond donors (Lipinski definition) is 1. The van der Waals surface area contributed by atoms with Gasteiger partial charge in [0.05, 0.1) is 12.7 Å². The first-order valence-corrected chi connectivity index (χ1v) is 7.47. The van der Waals surface area contributed by atoms with E-state index in [1.54, 1.807) is 0 Å². The van der Waals surface area contributed by atoms with Crippen molar-refractivity contribution in [3.8, 4) is 0 Å². The van der Waals surface area contributed by atoms with Crippen LogP contribution in [0.5, 0.6) is 0 Å². The fourth-order valence-electron chi connectivity index (χ4n) is 2.24. The van der Waals surface area contributed by atoms with E-state index in [0.29, 0.717) is 0 Å². The average molecular weight is 322 g/mol. The molecule has 4 heteroatoms. The summed E-state index contributed by atoms with van der Waals surface area (Å²) in [6.07, 6.45) is 4.19. The summed E-state index contributed by atoms with van der Waals surface area (Å²) in [4.78, 5) is 0. The molecular formula is C15H20BrN3.